The summed E-state index contributed by atoms with van der Waals surface area (Å²) in [7, 11) is 0. The molecular weight excluding hydrogens is 396 g/mol. The van der Waals surface area contributed by atoms with Crippen LogP contribution in [-0.4, -0.2) is 11.6 Å². The van der Waals surface area contributed by atoms with E-state index >= 15 is 0 Å². The first-order valence-electron chi connectivity index (χ1n) is 10.6. The number of aryl methyl sites for hydroxylation is 1. The minimum atomic E-state index is -0.530. The number of hydrogen-bond donors (Lipinski definition) is 0. The molecule has 0 aliphatic carbocycles. The van der Waals surface area contributed by atoms with E-state index in [0.29, 0.717) is 11.3 Å². The molecule has 2 amide bonds. The van der Waals surface area contributed by atoms with Gasteiger partial charge in [-0.15, -0.1) is 0 Å². The third-order valence-corrected chi connectivity index (χ3v) is 6.34. The van der Waals surface area contributed by atoms with E-state index in [1.165, 1.54) is 0 Å². The third kappa shape index (κ3) is 3.39. The van der Waals surface area contributed by atoms with Gasteiger partial charge in [0.25, 0.3) is 0 Å². The first-order valence-corrected chi connectivity index (χ1v) is 10.6. The molecule has 1 unspecified atom stereocenters. The molecule has 0 aromatic heterocycles. The molecule has 0 bridgehead atoms. The van der Waals surface area contributed by atoms with Gasteiger partial charge in [-0.25, -0.2) is 9.64 Å². The second-order valence-corrected chi connectivity index (χ2v) is 8.30. The number of rotatable bonds is 4. The number of anilines is 2. The summed E-state index contributed by atoms with van der Waals surface area (Å²) in [6, 6.07) is 24.4. The maximum atomic E-state index is 14.0. The van der Waals surface area contributed by atoms with Crippen molar-refractivity contribution in [1.29, 1.82) is 5.26 Å². The molecule has 3 aromatic rings. The summed E-state index contributed by atoms with van der Waals surface area (Å²) in [4.78, 5) is 21.2. The fourth-order valence-electron chi connectivity index (χ4n) is 4.57. The van der Waals surface area contributed by atoms with E-state index < -0.39 is 5.54 Å². The van der Waals surface area contributed by atoms with Crippen molar-refractivity contribution in [2.24, 2.45) is 0 Å². The lowest BCUT2D eigenvalue weighted by atomic mass is 9.83. The van der Waals surface area contributed by atoms with Crippen LogP contribution in [0, 0.1) is 24.8 Å². The van der Waals surface area contributed by atoms with Crippen molar-refractivity contribution >= 4 is 23.1 Å². The van der Waals surface area contributed by atoms with Crippen LogP contribution in [0.3, 0.4) is 0 Å². The van der Waals surface area contributed by atoms with E-state index in [1.807, 2.05) is 40.1 Å². The number of urea groups is 1. The van der Waals surface area contributed by atoms with Crippen LogP contribution in [0.2, 0.25) is 0 Å². The molecule has 1 saturated heterocycles. The Morgan fingerprint density at radius 1 is 1.06 bits per heavy atom. The maximum Gasteiger partial charge on any atom is 0.330 e. The van der Waals surface area contributed by atoms with Crippen LogP contribution in [0.1, 0.15) is 43.0 Å². The normalized spacial score (nSPS) is 20.2. The summed E-state index contributed by atoms with van der Waals surface area (Å²) in [6.07, 6.45) is 0.730. The molecule has 158 valence electrons. The Morgan fingerprint density at radius 2 is 1.72 bits per heavy atom. The van der Waals surface area contributed by atoms with E-state index in [2.05, 4.69) is 49.9 Å². The summed E-state index contributed by atoms with van der Waals surface area (Å²) in [5.74, 6) is 0. The van der Waals surface area contributed by atoms with Gasteiger partial charge in [-0.2, -0.15) is 5.26 Å². The van der Waals surface area contributed by atoms with Crippen LogP contribution in [0.15, 0.2) is 72.8 Å². The molecule has 1 heterocycles. The lowest BCUT2D eigenvalue weighted by Crippen LogP contribution is -2.45. The first kappa shape index (κ1) is 21.2. The zero-order chi connectivity index (χ0) is 22.9. The van der Waals surface area contributed by atoms with Crippen molar-refractivity contribution in [3.63, 3.8) is 0 Å². The monoisotopic (exact) mass is 420 g/mol. The number of carbonyl (C=O) groups is 1. The highest BCUT2D eigenvalue weighted by Crippen LogP contribution is 2.49. The lowest BCUT2D eigenvalue weighted by Gasteiger charge is -2.38. The first-order chi connectivity index (χ1) is 15.4. The van der Waals surface area contributed by atoms with Crippen molar-refractivity contribution in [2.45, 2.75) is 38.8 Å². The van der Waals surface area contributed by atoms with Gasteiger partial charge < -0.3 is 0 Å². The van der Waals surface area contributed by atoms with Gasteiger partial charge >= 0.3 is 6.03 Å². The van der Waals surface area contributed by atoms with Crippen LogP contribution < -0.4 is 9.80 Å². The van der Waals surface area contributed by atoms with Gasteiger partial charge in [-0.1, -0.05) is 48.9 Å². The largest absolute Gasteiger partial charge is 0.330 e. The number of amides is 2. The van der Waals surface area contributed by atoms with Crippen molar-refractivity contribution in [3.05, 3.63) is 101 Å². The SMILES string of the molecule is [C-]#[N+]c1ccc(N2C(=O)N(c3ccc(C#N)cc3)[C@](C)(CC)C2c2cccc(C)c2)cc1. The molecule has 0 spiro atoms. The van der Waals surface area contributed by atoms with Crippen LogP contribution in [0.4, 0.5) is 21.9 Å². The molecule has 5 heteroatoms. The Labute approximate surface area is 189 Å². The second kappa shape index (κ2) is 8.21. The molecule has 0 radical (unpaired) electrons. The maximum absolute atomic E-state index is 14.0. The zero-order valence-corrected chi connectivity index (χ0v) is 18.4. The highest BCUT2D eigenvalue weighted by molar-refractivity contribution is 6.08. The predicted octanol–water partition coefficient (Wildman–Crippen LogP) is 6.77. The van der Waals surface area contributed by atoms with E-state index in [1.54, 1.807) is 24.3 Å². The summed E-state index contributed by atoms with van der Waals surface area (Å²) in [6.45, 7) is 13.5. The fraction of sp³-hybridized carbons (Fsp3) is 0.222. The smallest absolute Gasteiger partial charge is 0.286 e. The van der Waals surface area contributed by atoms with E-state index in [0.717, 1.165) is 28.9 Å². The molecule has 4 rings (SSSR count). The van der Waals surface area contributed by atoms with Gasteiger partial charge in [0.15, 0.2) is 5.69 Å². The van der Waals surface area contributed by atoms with Gasteiger partial charge in [0.05, 0.1) is 29.8 Å². The molecule has 0 saturated carbocycles. The molecule has 32 heavy (non-hydrogen) atoms. The van der Waals surface area contributed by atoms with Crippen molar-refractivity contribution in [3.8, 4) is 6.07 Å². The van der Waals surface area contributed by atoms with E-state index in [9.17, 15) is 10.1 Å². The average molecular weight is 421 g/mol. The molecule has 3 aromatic carbocycles. The highest BCUT2D eigenvalue weighted by atomic mass is 16.2. The highest BCUT2D eigenvalue weighted by Gasteiger charge is 2.55. The summed E-state index contributed by atoms with van der Waals surface area (Å²) in [5.41, 5.74) is 4.27. The predicted molar refractivity (Wildman–Crippen MR) is 127 cm³/mol. The second-order valence-electron chi connectivity index (χ2n) is 8.30. The molecule has 2 atom stereocenters. The Hall–Kier alpha value is -4.09. The summed E-state index contributed by atoms with van der Waals surface area (Å²) >= 11 is 0. The Kier molecular flexibility index (Phi) is 5.43. The standard InChI is InChI=1S/C27H24N4O/c1-5-27(3)25(21-8-6-7-19(2)17-21)30(23-15-11-22(29-4)12-16-23)26(32)31(27)24-13-9-20(18-28)10-14-24/h6-17,25H,5H2,1-3H3/t25?,27-/m1/s1. The molecule has 1 aliphatic heterocycles. The average Bonchev–Trinajstić information content (AvgIpc) is 3.06. The van der Waals surface area contributed by atoms with Gasteiger partial charge in [0.2, 0.25) is 0 Å². The molecular formula is C27H24N4O. The van der Waals surface area contributed by atoms with E-state index in [-0.39, 0.29) is 12.1 Å². The molecule has 5 nitrogen and oxygen atoms in total. The summed E-state index contributed by atoms with van der Waals surface area (Å²) < 4.78 is 0. The van der Waals surface area contributed by atoms with Crippen molar-refractivity contribution in [2.75, 3.05) is 9.80 Å². The quantitative estimate of drug-likeness (QED) is 0.437. The Morgan fingerprint density at radius 3 is 2.28 bits per heavy atom. The fourth-order valence-corrected chi connectivity index (χ4v) is 4.57. The topological polar surface area (TPSA) is 51.7 Å². The lowest BCUT2D eigenvalue weighted by molar-refractivity contribution is 0.254. The third-order valence-electron chi connectivity index (χ3n) is 6.34. The zero-order valence-electron chi connectivity index (χ0n) is 18.4. The van der Waals surface area contributed by atoms with Crippen LogP contribution in [0.25, 0.3) is 4.85 Å². The van der Waals surface area contributed by atoms with Gasteiger partial charge in [-0.05, 0) is 62.2 Å². The number of nitrogens with zero attached hydrogens (tertiary/aromatic N) is 4. The number of nitriles is 1. The Bertz CT molecular complexity index is 1230. The molecule has 0 N–H and O–H groups in total. The molecule has 1 fully saturated rings. The number of hydrogen-bond acceptors (Lipinski definition) is 2. The van der Waals surface area contributed by atoms with Gasteiger partial charge in [0, 0.05) is 11.4 Å². The number of carbonyl (C=O) groups excluding carboxylic acids is 1. The summed E-state index contributed by atoms with van der Waals surface area (Å²) in [5, 5.41) is 9.19. The van der Waals surface area contributed by atoms with Crippen molar-refractivity contribution in [1.82, 2.24) is 0 Å². The minimum absolute atomic E-state index is 0.124. The Balaban J connectivity index is 1.92. The van der Waals surface area contributed by atoms with Crippen molar-refractivity contribution < 1.29 is 4.79 Å². The van der Waals surface area contributed by atoms with Crippen LogP contribution in [-0.2, 0) is 0 Å². The van der Waals surface area contributed by atoms with Crippen LogP contribution >= 0.6 is 0 Å². The minimum Gasteiger partial charge on any atom is -0.286 e. The van der Waals surface area contributed by atoms with Gasteiger partial charge in [-0.3, -0.25) is 9.80 Å². The molecule has 1 aliphatic rings. The van der Waals surface area contributed by atoms with Gasteiger partial charge in [0.1, 0.15) is 0 Å². The number of benzene rings is 3. The van der Waals surface area contributed by atoms with Crippen LogP contribution in [0.5, 0.6) is 0 Å². The van der Waals surface area contributed by atoms with E-state index in [4.69, 9.17) is 6.57 Å².